The molecule has 0 bridgehead atoms. The van der Waals surface area contributed by atoms with Gasteiger partial charge in [-0.15, -0.1) is 11.3 Å². The number of halogens is 2. The predicted octanol–water partition coefficient (Wildman–Crippen LogP) is 3.28. The van der Waals surface area contributed by atoms with Gasteiger partial charge in [-0.05, 0) is 42.5 Å². The number of benzene rings is 1. The zero-order valence-electron chi connectivity index (χ0n) is 11.1. The summed E-state index contributed by atoms with van der Waals surface area (Å²) in [6.07, 6.45) is 0.0261. The number of nitrogens with one attached hydrogen (secondary N) is 1. The first kappa shape index (κ1) is 15.1. The van der Waals surface area contributed by atoms with Crippen LogP contribution in [0.3, 0.4) is 0 Å². The van der Waals surface area contributed by atoms with Crippen LogP contribution in [-0.2, 0) is 6.42 Å². The van der Waals surface area contributed by atoms with E-state index in [4.69, 9.17) is 0 Å². The van der Waals surface area contributed by atoms with E-state index in [0.29, 0.717) is 12.1 Å². The van der Waals surface area contributed by atoms with Gasteiger partial charge in [-0.2, -0.15) is 0 Å². The summed E-state index contributed by atoms with van der Waals surface area (Å²) in [7, 11) is 0. The van der Waals surface area contributed by atoms with Gasteiger partial charge in [0.1, 0.15) is 0 Å². The molecule has 0 aliphatic rings. The van der Waals surface area contributed by atoms with Crippen molar-refractivity contribution in [2.24, 2.45) is 0 Å². The molecule has 20 heavy (non-hydrogen) atoms. The molecule has 1 aromatic carbocycles. The van der Waals surface area contributed by atoms with Gasteiger partial charge in [0, 0.05) is 17.5 Å². The lowest BCUT2D eigenvalue weighted by Gasteiger charge is -2.17. The third-order valence-electron chi connectivity index (χ3n) is 3.08. The molecule has 0 saturated carbocycles. The Kier molecular flexibility index (Phi) is 5.23. The van der Waals surface area contributed by atoms with Gasteiger partial charge in [0.05, 0.1) is 6.10 Å². The fraction of sp³-hybridized carbons (Fsp3) is 0.333. The van der Waals surface area contributed by atoms with E-state index in [9.17, 15) is 13.9 Å². The molecule has 0 amide bonds. The first-order valence-corrected chi connectivity index (χ1v) is 7.33. The van der Waals surface area contributed by atoms with Crippen molar-refractivity contribution in [2.75, 3.05) is 6.54 Å². The van der Waals surface area contributed by atoms with Crippen molar-refractivity contribution >= 4 is 11.3 Å². The summed E-state index contributed by atoms with van der Waals surface area (Å²) in [5.41, 5.74) is 0.375. The van der Waals surface area contributed by atoms with Crippen molar-refractivity contribution in [3.63, 3.8) is 0 Å². The molecule has 2 rings (SSSR count). The minimum Gasteiger partial charge on any atom is -0.387 e. The number of hydrogen-bond acceptors (Lipinski definition) is 3. The molecular formula is C15H17F2NOS. The van der Waals surface area contributed by atoms with Crippen molar-refractivity contribution in [3.05, 3.63) is 57.8 Å². The third kappa shape index (κ3) is 4.10. The van der Waals surface area contributed by atoms with Gasteiger partial charge in [0.2, 0.25) is 0 Å². The number of thiophene rings is 1. The lowest BCUT2D eigenvalue weighted by atomic mass is 10.1. The van der Waals surface area contributed by atoms with Crippen LogP contribution in [-0.4, -0.2) is 17.7 Å². The lowest BCUT2D eigenvalue weighted by Crippen LogP contribution is -2.31. The zero-order chi connectivity index (χ0) is 14.5. The molecule has 1 aromatic heterocycles. The second kappa shape index (κ2) is 6.92. The van der Waals surface area contributed by atoms with Gasteiger partial charge in [0.25, 0.3) is 0 Å². The van der Waals surface area contributed by atoms with Gasteiger partial charge < -0.3 is 10.4 Å². The molecule has 2 atom stereocenters. The highest BCUT2D eigenvalue weighted by molar-refractivity contribution is 7.09. The van der Waals surface area contributed by atoms with Crippen LogP contribution >= 0.6 is 11.3 Å². The largest absolute Gasteiger partial charge is 0.387 e. The number of aliphatic hydroxyl groups excluding tert-OH is 1. The summed E-state index contributed by atoms with van der Waals surface area (Å²) in [6, 6.07) is 7.73. The van der Waals surface area contributed by atoms with Crippen molar-refractivity contribution in [2.45, 2.75) is 25.5 Å². The minimum absolute atomic E-state index is 0.202. The van der Waals surface area contributed by atoms with Gasteiger partial charge in [-0.3, -0.25) is 0 Å². The molecule has 0 spiro atoms. The molecule has 108 valence electrons. The van der Waals surface area contributed by atoms with Crippen LogP contribution < -0.4 is 5.32 Å². The van der Waals surface area contributed by atoms with Crippen LogP contribution in [0.15, 0.2) is 35.7 Å². The Balaban J connectivity index is 1.85. The molecule has 5 heteroatoms. The Morgan fingerprint density at radius 2 is 2.05 bits per heavy atom. The Labute approximate surface area is 121 Å². The van der Waals surface area contributed by atoms with E-state index in [1.807, 2.05) is 18.4 Å². The summed E-state index contributed by atoms with van der Waals surface area (Å²) in [6.45, 7) is 2.33. The van der Waals surface area contributed by atoms with Gasteiger partial charge >= 0.3 is 0 Å². The fourth-order valence-electron chi connectivity index (χ4n) is 1.95. The highest BCUT2D eigenvalue weighted by Crippen LogP contribution is 2.16. The van der Waals surface area contributed by atoms with Crippen LogP contribution in [0, 0.1) is 11.6 Å². The molecule has 1 heterocycles. The lowest BCUT2D eigenvalue weighted by molar-refractivity contribution is 0.170. The first-order valence-electron chi connectivity index (χ1n) is 6.45. The second-order valence-corrected chi connectivity index (χ2v) is 5.81. The normalized spacial score (nSPS) is 14.2. The van der Waals surface area contributed by atoms with Crippen LogP contribution in [0.2, 0.25) is 0 Å². The molecule has 0 aliphatic heterocycles. The molecule has 0 radical (unpaired) electrons. The van der Waals surface area contributed by atoms with Crippen molar-refractivity contribution in [1.29, 1.82) is 0 Å². The molecule has 2 aromatic rings. The molecule has 0 fully saturated rings. The second-order valence-electron chi connectivity index (χ2n) is 4.78. The topological polar surface area (TPSA) is 32.3 Å². The van der Waals surface area contributed by atoms with E-state index in [1.54, 1.807) is 11.3 Å². The van der Waals surface area contributed by atoms with E-state index in [1.165, 1.54) is 10.9 Å². The summed E-state index contributed by atoms with van der Waals surface area (Å²) >= 11 is 1.69. The smallest absolute Gasteiger partial charge is 0.159 e. The highest BCUT2D eigenvalue weighted by Gasteiger charge is 2.12. The molecular weight excluding hydrogens is 280 g/mol. The summed E-state index contributed by atoms with van der Waals surface area (Å²) < 4.78 is 25.9. The average Bonchev–Trinajstić information content (AvgIpc) is 2.92. The summed E-state index contributed by atoms with van der Waals surface area (Å²) in [4.78, 5) is 1.27. The fourth-order valence-corrected chi connectivity index (χ4v) is 2.79. The first-order chi connectivity index (χ1) is 9.56. The standard InChI is InChI=1S/C15H17F2NOS/c1-10(7-12-3-2-6-20-12)18-9-15(19)11-4-5-13(16)14(17)8-11/h2-6,8,10,15,18-19H,7,9H2,1H3. The zero-order valence-corrected chi connectivity index (χ0v) is 12.0. The number of rotatable bonds is 6. The maximum atomic E-state index is 13.1. The van der Waals surface area contributed by atoms with Crippen LogP contribution in [0.1, 0.15) is 23.5 Å². The van der Waals surface area contributed by atoms with E-state index in [0.717, 1.165) is 18.6 Å². The molecule has 2 N–H and O–H groups in total. The SMILES string of the molecule is CC(Cc1cccs1)NCC(O)c1ccc(F)c(F)c1. The predicted molar refractivity (Wildman–Crippen MR) is 76.8 cm³/mol. The van der Waals surface area contributed by atoms with Crippen LogP contribution in [0.4, 0.5) is 8.78 Å². The quantitative estimate of drug-likeness (QED) is 0.857. The summed E-state index contributed by atoms with van der Waals surface area (Å²) in [5, 5.41) is 15.2. The number of hydrogen-bond donors (Lipinski definition) is 2. The van der Waals surface area contributed by atoms with Gasteiger partial charge in [-0.25, -0.2) is 8.78 Å². The van der Waals surface area contributed by atoms with Crippen molar-refractivity contribution in [3.8, 4) is 0 Å². The Morgan fingerprint density at radius 3 is 2.70 bits per heavy atom. The van der Waals surface area contributed by atoms with Gasteiger partial charge in [0.15, 0.2) is 11.6 Å². The molecule has 0 saturated heterocycles. The molecule has 2 nitrogen and oxygen atoms in total. The van der Waals surface area contributed by atoms with E-state index >= 15 is 0 Å². The van der Waals surface area contributed by atoms with Gasteiger partial charge in [-0.1, -0.05) is 12.1 Å². The minimum atomic E-state index is -0.937. The van der Waals surface area contributed by atoms with Crippen LogP contribution in [0.5, 0.6) is 0 Å². The maximum Gasteiger partial charge on any atom is 0.159 e. The molecule has 0 aliphatic carbocycles. The Hall–Kier alpha value is -1.30. The third-order valence-corrected chi connectivity index (χ3v) is 3.97. The summed E-state index contributed by atoms with van der Waals surface area (Å²) in [5.74, 6) is -1.84. The van der Waals surface area contributed by atoms with Crippen molar-refractivity contribution < 1.29 is 13.9 Å². The van der Waals surface area contributed by atoms with Crippen LogP contribution in [0.25, 0.3) is 0 Å². The maximum absolute atomic E-state index is 13.1. The van der Waals surface area contributed by atoms with E-state index < -0.39 is 17.7 Å². The molecule has 2 unspecified atom stereocenters. The number of aliphatic hydroxyl groups is 1. The van der Waals surface area contributed by atoms with E-state index in [2.05, 4.69) is 11.4 Å². The Morgan fingerprint density at radius 1 is 1.25 bits per heavy atom. The van der Waals surface area contributed by atoms with E-state index in [-0.39, 0.29) is 6.04 Å². The Bertz CT molecular complexity index is 545. The van der Waals surface area contributed by atoms with Crippen molar-refractivity contribution in [1.82, 2.24) is 5.32 Å². The highest BCUT2D eigenvalue weighted by atomic mass is 32.1. The average molecular weight is 297 g/mol. The monoisotopic (exact) mass is 297 g/mol.